The molecule has 0 saturated heterocycles. The summed E-state index contributed by atoms with van der Waals surface area (Å²) in [6, 6.07) is 9.62. The number of pyridine rings is 2. The maximum atomic E-state index is 5.71. The van der Waals surface area contributed by atoms with Gasteiger partial charge in [-0.15, -0.1) is 0 Å². The predicted octanol–water partition coefficient (Wildman–Crippen LogP) is 1.58. The minimum atomic E-state index is 0.727. The average molecular weight is 190 g/mol. The molecule has 0 amide bonds. The Bertz CT molecular complexity index is 649. The number of rotatable bonds is 0. The molecule has 0 fully saturated rings. The first-order valence-corrected chi connectivity index (χ1v) is 4.73. The molecule has 0 aliphatic rings. The highest BCUT2D eigenvalue weighted by Gasteiger charge is 2.01. The number of aromatic nitrogens is 2. The van der Waals surface area contributed by atoms with Gasteiger partial charge in [-0.2, -0.15) is 0 Å². The fourth-order valence-corrected chi connectivity index (χ4v) is 1.74. The fraction of sp³-hybridized carbons (Fsp3) is 0. The van der Waals surface area contributed by atoms with E-state index in [0.717, 1.165) is 27.3 Å². The third-order valence-corrected chi connectivity index (χ3v) is 2.46. The lowest BCUT2D eigenvalue weighted by atomic mass is 9.95. The number of nitrogens with zero attached hydrogens (tertiary/aromatic N) is 2. The summed E-state index contributed by atoms with van der Waals surface area (Å²) in [5.74, 6) is 0. The van der Waals surface area contributed by atoms with Crippen molar-refractivity contribution in [2.24, 2.45) is 0 Å². The molecule has 0 saturated carbocycles. The van der Waals surface area contributed by atoms with E-state index in [1.807, 2.05) is 36.5 Å². The fourth-order valence-electron chi connectivity index (χ4n) is 1.74. The molecule has 3 aromatic rings. The summed E-state index contributed by atoms with van der Waals surface area (Å²) >= 11 is 0. The van der Waals surface area contributed by atoms with Crippen LogP contribution in [0.5, 0.6) is 0 Å². The average Bonchev–Trinajstić information content (AvgIpc) is 2.28. The maximum absolute atomic E-state index is 5.71. The summed E-state index contributed by atoms with van der Waals surface area (Å²) in [5, 5.41) is 2.09. The number of benzene rings is 1. The van der Waals surface area contributed by atoms with Crippen molar-refractivity contribution in [1.82, 2.24) is 9.97 Å². The molecule has 1 aromatic carbocycles. The molecule has 0 spiro atoms. The van der Waals surface area contributed by atoms with E-state index in [4.69, 9.17) is 7.85 Å². The van der Waals surface area contributed by atoms with E-state index in [1.54, 1.807) is 6.20 Å². The van der Waals surface area contributed by atoms with E-state index < -0.39 is 0 Å². The summed E-state index contributed by atoms with van der Waals surface area (Å²) in [6.45, 7) is 0. The molecule has 0 aliphatic heterocycles. The van der Waals surface area contributed by atoms with Crippen LogP contribution in [0.2, 0.25) is 0 Å². The highest BCUT2D eigenvalue weighted by Crippen LogP contribution is 2.19. The van der Waals surface area contributed by atoms with Crippen molar-refractivity contribution in [2.75, 3.05) is 0 Å². The van der Waals surface area contributed by atoms with Crippen LogP contribution in [0.15, 0.2) is 42.7 Å². The van der Waals surface area contributed by atoms with E-state index in [9.17, 15) is 0 Å². The Hall–Kier alpha value is -1.90. The Morgan fingerprint density at radius 1 is 1.07 bits per heavy atom. The van der Waals surface area contributed by atoms with Crippen molar-refractivity contribution >= 4 is 35.1 Å². The van der Waals surface area contributed by atoms with Gasteiger partial charge in [0.2, 0.25) is 0 Å². The molecule has 0 bridgehead atoms. The van der Waals surface area contributed by atoms with Gasteiger partial charge in [-0.3, -0.25) is 9.97 Å². The van der Waals surface area contributed by atoms with Gasteiger partial charge in [-0.25, -0.2) is 0 Å². The summed E-state index contributed by atoms with van der Waals surface area (Å²) < 4.78 is 0. The van der Waals surface area contributed by atoms with Gasteiger partial charge in [-0.1, -0.05) is 17.6 Å². The first-order valence-electron chi connectivity index (χ1n) is 4.73. The van der Waals surface area contributed by atoms with Crippen LogP contribution in [0.3, 0.4) is 0 Å². The number of hydrogen-bond donors (Lipinski definition) is 0. The third kappa shape index (κ3) is 1.28. The van der Waals surface area contributed by atoms with Crippen molar-refractivity contribution in [1.29, 1.82) is 0 Å². The summed E-state index contributed by atoms with van der Waals surface area (Å²) in [6.07, 6.45) is 3.61. The first kappa shape index (κ1) is 8.42. The van der Waals surface area contributed by atoms with Crippen molar-refractivity contribution in [3.05, 3.63) is 42.7 Å². The number of fused-ring (bicyclic) bond motifs is 3. The Kier molecular flexibility index (Phi) is 1.71. The molecule has 2 nitrogen and oxygen atoms in total. The van der Waals surface area contributed by atoms with Gasteiger partial charge in [0.05, 0.1) is 11.0 Å². The zero-order valence-corrected chi connectivity index (χ0v) is 8.01. The summed E-state index contributed by atoms with van der Waals surface area (Å²) in [4.78, 5) is 8.71. The zero-order chi connectivity index (χ0) is 10.3. The van der Waals surface area contributed by atoms with Gasteiger partial charge < -0.3 is 0 Å². The molecule has 3 heteroatoms. The molecule has 2 heterocycles. The Balaban J connectivity index is 2.55. The molecule has 0 unspecified atom stereocenters. The Morgan fingerprint density at radius 2 is 2.00 bits per heavy atom. The molecule has 15 heavy (non-hydrogen) atoms. The minimum Gasteiger partial charge on any atom is -0.255 e. The van der Waals surface area contributed by atoms with Gasteiger partial charge in [0, 0.05) is 23.2 Å². The van der Waals surface area contributed by atoms with Gasteiger partial charge in [-0.05, 0) is 18.2 Å². The SMILES string of the molecule is [B]c1ccc2c(c1)ncc1cccnc12. The Labute approximate surface area is 88.4 Å². The summed E-state index contributed by atoms with van der Waals surface area (Å²) in [5.41, 5.74) is 2.59. The van der Waals surface area contributed by atoms with E-state index in [-0.39, 0.29) is 0 Å². The predicted molar refractivity (Wildman–Crippen MR) is 62.4 cm³/mol. The van der Waals surface area contributed by atoms with Crippen LogP contribution in [0.4, 0.5) is 0 Å². The lowest BCUT2D eigenvalue weighted by molar-refractivity contribution is 1.38. The van der Waals surface area contributed by atoms with Crippen molar-refractivity contribution in [3.8, 4) is 0 Å². The topological polar surface area (TPSA) is 25.8 Å². The number of hydrogen-bond acceptors (Lipinski definition) is 2. The first-order chi connectivity index (χ1) is 7.34. The van der Waals surface area contributed by atoms with E-state index in [0.29, 0.717) is 0 Å². The second-order valence-corrected chi connectivity index (χ2v) is 3.48. The second-order valence-electron chi connectivity index (χ2n) is 3.48. The normalized spacial score (nSPS) is 10.9. The van der Waals surface area contributed by atoms with Crippen molar-refractivity contribution < 1.29 is 0 Å². The standard InChI is InChI=1S/C12H7BN2/c13-9-3-4-10-11(6-9)15-7-8-2-1-5-14-12(8)10/h1-7H. The molecule has 68 valence electrons. The molecule has 2 radical (unpaired) electrons. The molecule has 0 N–H and O–H groups in total. The molecular weight excluding hydrogens is 183 g/mol. The largest absolute Gasteiger partial charge is 0.255 e. The van der Waals surface area contributed by atoms with Crippen LogP contribution in [-0.4, -0.2) is 17.8 Å². The monoisotopic (exact) mass is 190 g/mol. The van der Waals surface area contributed by atoms with E-state index in [1.165, 1.54) is 0 Å². The zero-order valence-electron chi connectivity index (χ0n) is 8.01. The van der Waals surface area contributed by atoms with Crippen molar-refractivity contribution in [2.45, 2.75) is 0 Å². The molecular formula is C12H7BN2. The van der Waals surface area contributed by atoms with Crippen LogP contribution in [-0.2, 0) is 0 Å². The van der Waals surface area contributed by atoms with E-state index in [2.05, 4.69) is 9.97 Å². The van der Waals surface area contributed by atoms with Crippen molar-refractivity contribution in [3.63, 3.8) is 0 Å². The smallest absolute Gasteiger partial charge is 0.113 e. The quantitative estimate of drug-likeness (QED) is 0.397. The van der Waals surface area contributed by atoms with Gasteiger partial charge in [0.25, 0.3) is 0 Å². The molecule has 0 atom stereocenters. The highest BCUT2D eigenvalue weighted by molar-refractivity contribution is 6.33. The van der Waals surface area contributed by atoms with Crippen LogP contribution in [0.1, 0.15) is 0 Å². The van der Waals surface area contributed by atoms with Crippen LogP contribution >= 0.6 is 0 Å². The van der Waals surface area contributed by atoms with Crippen LogP contribution in [0.25, 0.3) is 21.8 Å². The Morgan fingerprint density at radius 3 is 2.93 bits per heavy atom. The highest BCUT2D eigenvalue weighted by atomic mass is 14.7. The van der Waals surface area contributed by atoms with Crippen LogP contribution in [0, 0.1) is 0 Å². The summed E-state index contributed by atoms with van der Waals surface area (Å²) in [7, 11) is 5.71. The van der Waals surface area contributed by atoms with Crippen LogP contribution < -0.4 is 5.46 Å². The lowest BCUT2D eigenvalue weighted by Crippen LogP contribution is -2.00. The molecule has 3 rings (SSSR count). The third-order valence-electron chi connectivity index (χ3n) is 2.46. The second kappa shape index (κ2) is 3.06. The minimum absolute atomic E-state index is 0.727. The maximum Gasteiger partial charge on any atom is 0.113 e. The van der Waals surface area contributed by atoms with E-state index >= 15 is 0 Å². The molecule has 0 aliphatic carbocycles. The molecule has 2 aromatic heterocycles. The lowest BCUT2D eigenvalue weighted by Gasteiger charge is -2.02. The van der Waals surface area contributed by atoms with Gasteiger partial charge >= 0.3 is 0 Å². The van der Waals surface area contributed by atoms with Gasteiger partial charge in [0.1, 0.15) is 7.85 Å². The van der Waals surface area contributed by atoms with Gasteiger partial charge in [0.15, 0.2) is 0 Å².